The Hall–Kier alpha value is -4.20. The first-order valence-electron chi connectivity index (χ1n) is 13.2. The van der Waals surface area contributed by atoms with E-state index in [2.05, 4.69) is 22.3 Å². The minimum absolute atomic E-state index is 0.0338. The van der Waals surface area contributed by atoms with Crippen LogP contribution in [0.3, 0.4) is 0 Å². The molecule has 6 rings (SSSR count). The fourth-order valence-corrected chi connectivity index (χ4v) is 5.79. The monoisotopic (exact) mass is 512 g/mol. The predicted octanol–water partition coefficient (Wildman–Crippen LogP) is 4.82. The van der Waals surface area contributed by atoms with Crippen LogP contribution in [-0.4, -0.2) is 55.3 Å². The predicted molar refractivity (Wildman–Crippen MR) is 146 cm³/mol. The summed E-state index contributed by atoms with van der Waals surface area (Å²) < 4.78 is 12.3. The van der Waals surface area contributed by atoms with Gasteiger partial charge in [-0.25, -0.2) is 4.79 Å². The van der Waals surface area contributed by atoms with Crippen molar-refractivity contribution in [1.82, 2.24) is 10.2 Å². The van der Waals surface area contributed by atoms with Crippen LogP contribution in [0.15, 0.2) is 72.8 Å². The highest BCUT2D eigenvalue weighted by atomic mass is 16.5. The average molecular weight is 513 g/mol. The second-order valence-electron chi connectivity index (χ2n) is 10.1. The molecular formula is C30H32N4O4. The molecule has 2 fully saturated rings. The van der Waals surface area contributed by atoms with E-state index in [-0.39, 0.29) is 18.0 Å². The second kappa shape index (κ2) is 9.59. The maximum absolute atomic E-state index is 13.5. The third kappa shape index (κ3) is 4.20. The van der Waals surface area contributed by atoms with Crippen LogP contribution in [0, 0.1) is 0 Å². The molecule has 3 amide bonds. The molecule has 8 nitrogen and oxygen atoms in total. The number of carbonyl (C=O) groups excluding carboxylic acids is 2. The van der Waals surface area contributed by atoms with Gasteiger partial charge in [0.1, 0.15) is 0 Å². The first-order chi connectivity index (χ1) is 18.5. The normalized spacial score (nSPS) is 22.3. The van der Waals surface area contributed by atoms with Crippen molar-refractivity contribution < 1.29 is 19.1 Å². The van der Waals surface area contributed by atoms with Crippen LogP contribution in [0.1, 0.15) is 42.2 Å². The Bertz CT molecular complexity index is 1360. The Balaban J connectivity index is 1.23. The van der Waals surface area contributed by atoms with Crippen molar-refractivity contribution in [1.29, 1.82) is 0 Å². The minimum atomic E-state index is -0.934. The van der Waals surface area contributed by atoms with Crippen molar-refractivity contribution in [3.8, 4) is 11.5 Å². The van der Waals surface area contributed by atoms with Gasteiger partial charge in [-0.2, -0.15) is 0 Å². The van der Waals surface area contributed by atoms with Gasteiger partial charge >= 0.3 is 6.03 Å². The summed E-state index contributed by atoms with van der Waals surface area (Å²) in [6.45, 7) is 7.20. The lowest BCUT2D eigenvalue weighted by molar-refractivity contribution is 0.0343. The number of nitrogens with zero attached hydrogens (tertiary/aromatic N) is 3. The number of urea groups is 1. The molecule has 38 heavy (non-hydrogen) atoms. The molecule has 0 aliphatic carbocycles. The number of para-hydroxylation sites is 2. The minimum Gasteiger partial charge on any atom is -0.490 e. The molecule has 0 aromatic heterocycles. The molecule has 0 saturated carbocycles. The number of ether oxygens (including phenoxy) is 2. The zero-order chi connectivity index (χ0) is 26.3. The van der Waals surface area contributed by atoms with Crippen LogP contribution in [0.2, 0.25) is 0 Å². The molecule has 8 heteroatoms. The molecule has 1 N–H and O–H groups in total. The van der Waals surface area contributed by atoms with Crippen molar-refractivity contribution in [3.05, 3.63) is 83.9 Å². The van der Waals surface area contributed by atoms with Crippen LogP contribution in [0.4, 0.5) is 16.2 Å². The maximum Gasteiger partial charge on any atom is 0.325 e. The number of hydrogen-bond acceptors (Lipinski definition) is 5. The van der Waals surface area contributed by atoms with Crippen LogP contribution >= 0.6 is 0 Å². The van der Waals surface area contributed by atoms with E-state index in [4.69, 9.17) is 9.47 Å². The topological polar surface area (TPSA) is 74.3 Å². The molecular weight excluding hydrogens is 480 g/mol. The number of amides is 3. The van der Waals surface area contributed by atoms with Gasteiger partial charge in [0.05, 0.1) is 18.3 Å². The Morgan fingerprint density at radius 3 is 2.50 bits per heavy atom. The van der Waals surface area contributed by atoms with Gasteiger partial charge in [0.25, 0.3) is 5.91 Å². The van der Waals surface area contributed by atoms with E-state index in [1.165, 1.54) is 5.69 Å². The van der Waals surface area contributed by atoms with E-state index in [1.54, 1.807) is 11.0 Å². The smallest absolute Gasteiger partial charge is 0.325 e. The zero-order valence-electron chi connectivity index (χ0n) is 21.7. The lowest BCUT2D eigenvalue weighted by Crippen LogP contribution is -2.65. The van der Waals surface area contributed by atoms with E-state index in [9.17, 15) is 9.59 Å². The molecule has 0 spiro atoms. The first kappa shape index (κ1) is 24.2. The standard InChI is InChI=1S/C30H32N4O4/c1-3-37-26-14-8-13-24-25-20-30(2,38-27(24)26)34(29(36)31-25)23-12-7-9-21(19-23)28(35)33-17-15-32(16-18-33)22-10-5-4-6-11-22/h4-14,19,25H,3,15-18,20H2,1-2H3,(H,31,36)/t25-,30+/m1/s1. The van der Waals surface area contributed by atoms with Gasteiger partial charge in [-0.15, -0.1) is 0 Å². The molecule has 3 aliphatic rings. The number of nitrogens with one attached hydrogen (secondary N) is 1. The van der Waals surface area contributed by atoms with Gasteiger partial charge < -0.3 is 24.6 Å². The number of benzene rings is 3. The molecule has 2 bridgehead atoms. The van der Waals surface area contributed by atoms with Crippen molar-refractivity contribution in [2.45, 2.75) is 32.0 Å². The van der Waals surface area contributed by atoms with Gasteiger partial charge in [0.15, 0.2) is 17.2 Å². The quantitative estimate of drug-likeness (QED) is 0.531. The highest BCUT2D eigenvalue weighted by Crippen LogP contribution is 2.49. The van der Waals surface area contributed by atoms with Gasteiger partial charge in [0.2, 0.25) is 0 Å². The summed E-state index contributed by atoms with van der Waals surface area (Å²) in [5.74, 6) is 1.28. The Labute approximate surface area is 222 Å². The van der Waals surface area contributed by atoms with E-state index < -0.39 is 5.72 Å². The second-order valence-corrected chi connectivity index (χ2v) is 10.1. The summed E-state index contributed by atoms with van der Waals surface area (Å²) in [5, 5.41) is 3.13. The van der Waals surface area contributed by atoms with Gasteiger partial charge in [-0.05, 0) is 50.2 Å². The molecule has 0 radical (unpaired) electrons. The molecule has 196 valence electrons. The summed E-state index contributed by atoms with van der Waals surface area (Å²) in [6, 6.07) is 22.9. The summed E-state index contributed by atoms with van der Waals surface area (Å²) in [4.78, 5) is 32.7. The number of rotatable bonds is 5. The SMILES string of the molecule is CCOc1cccc2c1O[C@@]1(C)C[C@H]2NC(=O)N1c1cccc(C(=O)N2CCN(c3ccccc3)CC2)c1. The lowest BCUT2D eigenvalue weighted by Gasteiger charge is -2.50. The lowest BCUT2D eigenvalue weighted by atomic mass is 9.89. The van der Waals surface area contributed by atoms with Crippen LogP contribution in [0.25, 0.3) is 0 Å². The van der Waals surface area contributed by atoms with Crippen molar-refractivity contribution in [3.63, 3.8) is 0 Å². The number of piperazine rings is 1. The molecule has 2 atom stereocenters. The highest BCUT2D eigenvalue weighted by Gasteiger charge is 2.50. The van der Waals surface area contributed by atoms with Crippen molar-refractivity contribution in [2.75, 3.05) is 42.6 Å². The molecule has 3 heterocycles. The third-order valence-electron chi connectivity index (χ3n) is 7.60. The number of hydrogen-bond donors (Lipinski definition) is 1. The van der Waals surface area contributed by atoms with Crippen LogP contribution in [-0.2, 0) is 0 Å². The molecule has 3 aromatic rings. The largest absolute Gasteiger partial charge is 0.490 e. The Morgan fingerprint density at radius 2 is 1.74 bits per heavy atom. The number of anilines is 2. The molecule has 3 aliphatic heterocycles. The van der Waals surface area contributed by atoms with Crippen molar-refractivity contribution in [2.24, 2.45) is 0 Å². The third-order valence-corrected chi connectivity index (χ3v) is 7.60. The van der Waals surface area contributed by atoms with E-state index in [0.29, 0.717) is 48.9 Å². The zero-order valence-corrected chi connectivity index (χ0v) is 21.7. The van der Waals surface area contributed by atoms with Crippen LogP contribution < -0.4 is 24.6 Å². The summed E-state index contributed by atoms with van der Waals surface area (Å²) in [7, 11) is 0. The fourth-order valence-electron chi connectivity index (χ4n) is 5.79. The first-order valence-corrected chi connectivity index (χ1v) is 13.2. The molecule has 3 aromatic carbocycles. The summed E-state index contributed by atoms with van der Waals surface area (Å²) in [5.41, 5.74) is 2.33. The Morgan fingerprint density at radius 1 is 1.00 bits per heavy atom. The average Bonchev–Trinajstić information content (AvgIpc) is 2.93. The molecule has 0 unspecified atom stereocenters. The van der Waals surface area contributed by atoms with Gasteiger partial charge in [-0.1, -0.05) is 36.4 Å². The summed E-state index contributed by atoms with van der Waals surface area (Å²) in [6.07, 6.45) is 0.570. The summed E-state index contributed by atoms with van der Waals surface area (Å²) >= 11 is 0. The highest BCUT2D eigenvalue weighted by molar-refractivity contribution is 5.99. The van der Waals surface area contributed by atoms with Crippen LogP contribution in [0.5, 0.6) is 11.5 Å². The number of carbonyl (C=O) groups is 2. The van der Waals surface area contributed by atoms with Gasteiger partial charge in [-0.3, -0.25) is 9.69 Å². The molecule has 2 saturated heterocycles. The fraction of sp³-hybridized carbons (Fsp3) is 0.333. The Kier molecular flexibility index (Phi) is 6.10. The number of fused-ring (bicyclic) bond motifs is 4. The maximum atomic E-state index is 13.5. The van der Waals surface area contributed by atoms with E-state index >= 15 is 0 Å². The van der Waals surface area contributed by atoms with E-state index in [0.717, 1.165) is 18.7 Å². The van der Waals surface area contributed by atoms with Gasteiger partial charge in [0, 0.05) is 49.4 Å². The van der Waals surface area contributed by atoms with E-state index in [1.807, 2.05) is 73.3 Å². The van der Waals surface area contributed by atoms with Crippen molar-refractivity contribution >= 4 is 23.3 Å².